The molecule has 0 aromatic heterocycles. The maximum absolute atomic E-state index is 13.0. The summed E-state index contributed by atoms with van der Waals surface area (Å²) in [5, 5.41) is 21.2. The summed E-state index contributed by atoms with van der Waals surface area (Å²) in [6, 6.07) is 6.96. The van der Waals surface area contributed by atoms with Crippen molar-refractivity contribution in [2.24, 2.45) is 5.73 Å². The van der Waals surface area contributed by atoms with E-state index in [0.29, 0.717) is 38.1 Å². The number of aliphatic carboxylic acids is 1. The van der Waals surface area contributed by atoms with Gasteiger partial charge in [-0.25, -0.2) is 5.06 Å². The van der Waals surface area contributed by atoms with E-state index in [1.807, 2.05) is 18.2 Å². The smallest absolute Gasteiger partial charge is 0.303 e. The number of carbonyl (C=O) groups is 3. The van der Waals surface area contributed by atoms with Crippen LogP contribution in [0.2, 0.25) is 0 Å². The Balaban J connectivity index is 1.35. The van der Waals surface area contributed by atoms with E-state index in [9.17, 15) is 14.4 Å². The zero-order valence-corrected chi connectivity index (χ0v) is 19.1. The number of carboxylic acids is 1. The van der Waals surface area contributed by atoms with Crippen LogP contribution in [0.3, 0.4) is 0 Å². The van der Waals surface area contributed by atoms with Crippen LogP contribution in [0.1, 0.15) is 49.7 Å². The SMILES string of the molecule is N=C(N)c1ccc(C2=CCON2CC(=O)NC23CC[C@H](C(=O)CCC(=O)O)N(CC2)CC3)cc1. The van der Waals surface area contributed by atoms with Crippen LogP contribution in [-0.4, -0.2) is 76.4 Å². The molecule has 4 heterocycles. The lowest BCUT2D eigenvalue weighted by Gasteiger charge is -2.39. The van der Waals surface area contributed by atoms with Gasteiger partial charge in [0.05, 0.1) is 24.8 Å². The van der Waals surface area contributed by atoms with Gasteiger partial charge in [-0.05, 0) is 37.3 Å². The molecule has 1 amide bonds. The lowest BCUT2D eigenvalue weighted by molar-refractivity contribution is -0.139. The molecule has 1 aromatic rings. The van der Waals surface area contributed by atoms with E-state index in [1.165, 1.54) is 0 Å². The zero-order chi connectivity index (χ0) is 24.3. The number of nitrogen functional groups attached to an aromatic ring is 1. The van der Waals surface area contributed by atoms with Gasteiger partial charge in [0, 0.05) is 30.6 Å². The van der Waals surface area contributed by atoms with E-state index in [-0.39, 0.29) is 48.5 Å². The largest absolute Gasteiger partial charge is 0.481 e. The van der Waals surface area contributed by atoms with Crippen LogP contribution < -0.4 is 11.1 Å². The van der Waals surface area contributed by atoms with Crippen LogP contribution in [0.25, 0.3) is 5.70 Å². The number of amides is 1. The summed E-state index contributed by atoms with van der Waals surface area (Å²) in [6.07, 6.45) is 4.64. The second-order valence-corrected chi connectivity index (χ2v) is 9.19. The molecule has 1 aromatic carbocycles. The number of rotatable bonds is 9. The van der Waals surface area contributed by atoms with Gasteiger partial charge in [0.1, 0.15) is 12.4 Å². The Bertz CT molecular complexity index is 998. The molecular formula is C24H31N5O5. The van der Waals surface area contributed by atoms with Crippen molar-refractivity contribution in [2.75, 3.05) is 26.2 Å². The molecular weight excluding hydrogens is 438 g/mol. The second kappa shape index (κ2) is 9.94. The molecule has 0 spiro atoms. The summed E-state index contributed by atoms with van der Waals surface area (Å²) < 4.78 is 0. The number of hydrogen-bond donors (Lipinski definition) is 4. The average Bonchev–Trinajstić information content (AvgIpc) is 3.10. The fraction of sp³-hybridized carbons (Fsp3) is 0.500. The van der Waals surface area contributed by atoms with Crippen LogP contribution in [0, 0.1) is 5.41 Å². The number of fused-ring (bicyclic) bond motifs is 4. The highest BCUT2D eigenvalue weighted by atomic mass is 16.7. The predicted octanol–water partition coefficient (Wildman–Crippen LogP) is 1.11. The average molecular weight is 470 g/mol. The molecule has 34 heavy (non-hydrogen) atoms. The van der Waals surface area contributed by atoms with Crippen molar-refractivity contribution < 1.29 is 24.3 Å². The molecule has 0 saturated carbocycles. The van der Waals surface area contributed by atoms with Crippen molar-refractivity contribution >= 4 is 29.2 Å². The molecule has 182 valence electrons. The minimum atomic E-state index is -0.961. The minimum absolute atomic E-state index is 0.000959. The minimum Gasteiger partial charge on any atom is -0.481 e. The summed E-state index contributed by atoms with van der Waals surface area (Å²) in [5.41, 5.74) is 7.47. The summed E-state index contributed by atoms with van der Waals surface area (Å²) in [5.74, 6) is -1.13. The van der Waals surface area contributed by atoms with Gasteiger partial charge in [-0.2, -0.15) is 0 Å². The van der Waals surface area contributed by atoms with Crippen molar-refractivity contribution in [2.45, 2.75) is 50.1 Å². The van der Waals surface area contributed by atoms with E-state index in [0.717, 1.165) is 24.1 Å². The normalized spacial score (nSPS) is 26.0. The van der Waals surface area contributed by atoms with Crippen LogP contribution in [0.5, 0.6) is 0 Å². The number of hydroxylamine groups is 2. The highest BCUT2D eigenvalue weighted by molar-refractivity contribution is 5.95. The number of piperidine rings is 1. The number of ketones is 1. The van der Waals surface area contributed by atoms with Crippen LogP contribution in [0.4, 0.5) is 0 Å². The first kappa shape index (κ1) is 23.9. The molecule has 0 aliphatic carbocycles. The third-order valence-corrected chi connectivity index (χ3v) is 7.01. The molecule has 4 aliphatic heterocycles. The van der Waals surface area contributed by atoms with E-state index in [4.69, 9.17) is 21.1 Å². The molecule has 0 unspecified atom stereocenters. The van der Waals surface area contributed by atoms with Gasteiger partial charge in [-0.1, -0.05) is 24.3 Å². The zero-order valence-electron chi connectivity index (χ0n) is 19.1. The Morgan fingerprint density at radius 3 is 2.50 bits per heavy atom. The molecule has 10 heteroatoms. The number of hydrogen-bond acceptors (Lipinski definition) is 7. The predicted molar refractivity (Wildman–Crippen MR) is 125 cm³/mol. The van der Waals surface area contributed by atoms with Crippen molar-refractivity contribution in [3.63, 3.8) is 0 Å². The number of amidine groups is 1. The number of nitrogens with two attached hydrogens (primary N) is 1. The summed E-state index contributed by atoms with van der Waals surface area (Å²) in [7, 11) is 0. The fourth-order valence-electron chi connectivity index (χ4n) is 5.11. The Hall–Kier alpha value is -3.24. The van der Waals surface area contributed by atoms with Gasteiger partial charge < -0.3 is 16.2 Å². The van der Waals surface area contributed by atoms with Gasteiger partial charge in [0.15, 0.2) is 5.78 Å². The van der Waals surface area contributed by atoms with Crippen molar-refractivity contribution in [3.05, 3.63) is 41.5 Å². The highest BCUT2D eigenvalue weighted by Crippen LogP contribution is 2.35. The van der Waals surface area contributed by atoms with Crippen molar-refractivity contribution in [3.8, 4) is 0 Å². The van der Waals surface area contributed by atoms with E-state index < -0.39 is 5.97 Å². The molecule has 5 rings (SSSR count). The first-order chi connectivity index (χ1) is 16.3. The van der Waals surface area contributed by atoms with E-state index in [1.54, 1.807) is 17.2 Å². The van der Waals surface area contributed by atoms with Crippen LogP contribution >= 0.6 is 0 Å². The Morgan fingerprint density at radius 1 is 1.15 bits per heavy atom. The lowest BCUT2D eigenvalue weighted by atomic mass is 9.85. The standard InChI is InChI=1S/C24H31N5O5/c25-23(26)17-3-1-16(2-4-17)18-8-14-34-29(18)15-21(31)27-24-9-7-19(20(30)5-6-22(32)33)28(12-10-24)13-11-24/h1-4,8,19H,5-7,9-15H2,(H3,25,26)(H,27,31)(H,32,33)/t19-/m1/s1. The molecule has 2 bridgehead atoms. The fourth-order valence-corrected chi connectivity index (χ4v) is 5.11. The molecule has 3 saturated heterocycles. The lowest BCUT2D eigenvalue weighted by Crippen LogP contribution is -2.55. The maximum Gasteiger partial charge on any atom is 0.303 e. The number of carboxylic acid groups (broad SMARTS) is 1. The second-order valence-electron chi connectivity index (χ2n) is 9.19. The first-order valence-electron chi connectivity index (χ1n) is 11.6. The summed E-state index contributed by atoms with van der Waals surface area (Å²) in [4.78, 5) is 44.3. The summed E-state index contributed by atoms with van der Waals surface area (Å²) in [6.45, 7) is 1.83. The molecule has 10 nitrogen and oxygen atoms in total. The molecule has 5 N–H and O–H groups in total. The van der Waals surface area contributed by atoms with Gasteiger partial charge in [-0.3, -0.25) is 29.5 Å². The Morgan fingerprint density at radius 2 is 1.85 bits per heavy atom. The first-order valence-corrected chi connectivity index (χ1v) is 11.6. The number of Topliss-reactive ketones (excluding diaryl/α,β-unsaturated/α-hetero) is 1. The number of nitrogens with zero attached hydrogens (tertiary/aromatic N) is 2. The number of carbonyl (C=O) groups excluding carboxylic acids is 2. The van der Waals surface area contributed by atoms with Crippen LogP contribution in [-0.2, 0) is 19.2 Å². The number of nitrogens with one attached hydrogen (secondary N) is 2. The number of benzene rings is 1. The topological polar surface area (TPSA) is 149 Å². The Labute approximate surface area is 198 Å². The monoisotopic (exact) mass is 469 g/mol. The van der Waals surface area contributed by atoms with E-state index >= 15 is 0 Å². The van der Waals surface area contributed by atoms with Gasteiger partial charge in [0.2, 0.25) is 5.91 Å². The van der Waals surface area contributed by atoms with E-state index in [2.05, 4.69) is 10.2 Å². The van der Waals surface area contributed by atoms with Crippen molar-refractivity contribution in [1.82, 2.24) is 15.3 Å². The third kappa shape index (κ3) is 5.28. The molecule has 3 fully saturated rings. The molecule has 1 atom stereocenters. The van der Waals surface area contributed by atoms with Gasteiger partial charge in [-0.15, -0.1) is 0 Å². The molecule has 4 aliphatic rings. The van der Waals surface area contributed by atoms with Gasteiger partial charge >= 0.3 is 5.97 Å². The quantitative estimate of drug-likeness (QED) is 0.310. The Kier molecular flexibility index (Phi) is 6.99. The van der Waals surface area contributed by atoms with Crippen LogP contribution in [0.15, 0.2) is 30.3 Å². The third-order valence-electron chi connectivity index (χ3n) is 7.01. The summed E-state index contributed by atoms with van der Waals surface area (Å²) >= 11 is 0. The van der Waals surface area contributed by atoms with Gasteiger partial charge in [0.25, 0.3) is 0 Å². The highest BCUT2D eigenvalue weighted by Gasteiger charge is 2.43. The van der Waals surface area contributed by atoms with Crippen molar-refractivity contribution in [1.29, 1.82) is 5.41 Å². The molecule has 0 radical (unpaired) electrons. The maximum atomic E-state index is 13.0.